The molecule has 1 unspecified atom stereocenters. The van der Waals surface area contributed by atoms with Gasteiger partial charge in [-0.15, -0.1) is 0 Å². The summed E-state index contributed by atoms with van der Waals surface area (Å²) in [5.74, 6) is 1.67. The molecule has 0 amide bonds. The molecule has 1 aliphatic rings. The standard InChI is InChI=1S/C17H19NO2/c1-13-5-4-6-14(9-13)10-18-11-15-12-19-16-7-2-3-8-17(16)20-15/h2-9,15,18H,10-12H2,1H3. The lowest BCUT2D eigenvalue weighted by Crippen LogP contribution is -2.38. The Labute approximate surface area is 119 Å². The van der Waals surface area contributed by atoms with Crippen molar-refractivity contribution in [2.24, 2.45) is 0 Å². The van der Waals surface area contributed by atoms with E-state index in [0.29, 0.717) is 6.61 Å². The third kappa shape index (κ3) is 3.11. The molecule has 1 atom stereocenters. The Hall–Kier alpha value is -2.00. The summed E-state index contributed by atoms with van der Waals surface area (Å²) in [6, 6.07) is 16.3. The van der Waals surface area contributed by atoms with E-state index in [1.165, 1.54) is 11.1 Å². The highest BCUT2D eigenvalue weighted by atomic mass is 16.6. The molecule has 0 radical (unpaired) electrons. The summed E-state index contributed by atoms with van der Waals surface area (Å²) in [4.78, 5) is 0. The number of hydrogen-bond donors (Lipinski definition) is 1. The number of fused-ring (bicyclic) bond motifs is 1. The summed E-state index contributed by atoms with van der Waals surface area (Å²) >= 11 is 0. The summed E-state index contributed by atoms with van der Waals surface area (Å²) < 4.78 is 11.6. The van der Waals surface area contributed by atoms with Crippen LogP contribution in [0.3, 0.4) is 0 Å². The molecule has 2 aromatic carbocycles. The number of hydrogen-bond acceptors (Lipinski definition) is 3. The molecule has 3 rings (SSSR count). The molecular weight excluding hydrogens is 250 g/mol. The number of benzene rings is 2. The van der Waals surface area contributed by atoms with Crippen molar-refractivity contribution < 1.29 is 9.47 Å². The van der Waals surface area contributed by atoms with Gasteiger partial charge in [-0.2, -0.15) is 0 Å². The second-order valence-electron chi connectivity index (χ2n) is 5.12. The molecule has 0 fully saturated rings. The van der Waals surface area contributed by atoms with Gasteiger partial charge >= 0.3 is 0 Å². The van der Waals surface area contributed by atoms with E-state index >= 15 is 0 Å². The van der Waals surface area contributed by atoms with E-state index in [2.05, 4.69) is 36.5 Å². The predicted octanol–water partition coefficient (Wildman–Crippen LogP) is 2.92. The van der Waals surface area contributed by atoms with Crippen LogP contribution in [0, 0.1) is 6.92 Å². The Morgan fingerprint density at radius 1 is 1.10 bits per heavy atom. The zero-order valence-electron chi connectivity index (χ0n) is 11.6. The van der Waals surface area contributed by atoms with Crippen molar-refractivity contribution in [1.29, 1.82) is 0 Å². The number of aryl methyl sites for hydroxylation is 1. The van der Waals surface area contributed by atoms with Crippen LogP contribution in [-0.2, 0) is 6.54 Å². The van der Waals surface area contributed by atoms with Crippen LogP contribution in [-0.4, -0.2) is 19.3 Å². The summed E-state index contributed by atoms with van der Waals surface area (Å²) in [6.07, 6.45) is 0.0645. The van der Waals surface area contributed by atoms with E-state index in [1.54, 1.807) is 0 Å². The molecule has 1 aliphatic heterocycles. The maximum Gasteiger partial charge on any atom is 0.161 e. The van der Waals surface area contributed by atoms with Crippen LogP contribution in [0.25, 0.3) is 0 Å². The molecule has 0 saturated carbocycles. The fourth-order valence-electron chi connectivity index (χ4n) is 2.36. The molecule has 1 heterocycles. The van der Waals surface area contributed by atoms with Crippen LogP contribution in [0.4, 0.5) is 0 Å². The zero-order chi connectivity index (χ0) is 13.8. The average molecular weight is 269 g/mol. The Morgan fingerprint density at radius 3 is 2.80 bits per heavy atom. The van der Waals surface area contributed by atoms with Gasteiger partial charge in [-0.05, 0) is 24.6 Å². The van der Waals surface area contributed by atoms with Gasteiger partial charge in [0, 0.05) is 13.1 Å². The van der Waals surface area contributed by atoms with Crippen LogP contribution < -0.4 is 14.8 Å². The normalized spacial score (nSPS) is 16.9. The molecular formula is C17H19NO2. The summed E-state index contributed by atoms with van der Waals surface area (Å²) in [5.41, 5.74) is 2.58. The van der Waals surface area contributed by atoms with Crippen molar-refractivity contribution in [1.82, 2.24) is 5.32 Å². The van der Waals surface area contributed by atoms with Crippen molar-refractivity contribution in [3.05, 3.63) is 59.7 Å². The van der Waals surface area contributed by atoms with E-state index in [9.17, 15) is 0 Å². The van der Waals surface area contributed by atoms with E-state index in [-0.39, 0.29) is 6.10 Å². The fraction of sp³-hybridized carbons (Fsp3) is 0.294. The van der Waals surface area contributed by atoms with E-state index < -0.39 is 0 Å². The summed E-state index contributed by atoms with van der Waals surface area (Å²) in [6.45, 7) is 4.34. The topological polar surface area (TPSA) is 30.5 Å². The van der Waals surface area contributed by atoms with Gasteiger partial charge in [-0.25, -0.2) is 0 Å². The molecule has 3 nitrogen and oxygen atoms in total. The van der Waals surface area contributed by atoms with Crippen molar-refractivity contribution in [3.63, 3.8) is 0 Å². The molecule has 3 heteroatoms. The zero-order valence-corrected chi connectivity index (χ0v) is 11.6. The number of rotatable bonds is 4. The molecule has 1 N–H and O–H groups in total. The Kier molecular flexibility index (Phi) is 3.88. The van der Waals surface area contributed by atoms with Gasteiger partial charge in [0.1, 0.15) is 12.7 Å². The van der Waals surface area contributed by atoms with Gasteiger partial charge < -0.3 is 14.8 Å². The fourth-order valence-corrected chi connectivity index (χ4v) is 2.36. The smallest absolute Gasteiger partial charge is 0.161 e. The number of nitrogens with one attached hydrogen (secondary N) is 1. The Bertz CT molecular complexity index is 583. The van der Waals surface area contributed by atoms with Crippen molar-refractivity contribution in [2.75, 3.05) is 13.2 Å². The predicted molar refractivity (Wildman–Crippen MR) is 79.2 cm³/mol. The SMILES string of the molecule is Cc1cccc(CNCC2COc3ccccc3O2)c1. The number of para-hydroxylation sites is 2. The molecule has 20 heavy (non-hydrogen) atoms. The molecule has 0 aromatic heterocycles. The third-order valence-electron chi connectivity index (χ3n) is 3.35. The number of ether oxygens (including phenoxy) is 2. The van der Waals surface area contributed by atoms with Gasteiger partial charge in [0.2, 0.25) is 0 Å². The van der Waals surface area contributed by atoms with E-state index in [4.69, 9.17) is 9.47 Å². The van der Waals surface area contributed by atoms with Crippen molar-refractivity contribution >= 4 is 0 Å². The lowest BCUT2D eigenvalue weighted by molar-refractivity contribution is 0.0902. The first-order chi connectivity index (χ1) is 9.81. The van der Waals surface area contributed by atoms with E-state index in [0.717, 1.165) is 24.6 Å². The van der Waals surface area contributed by atoms with Crippen molar-refractivity contribution in [2.45, 2.75) is 19.6 Å². The summed E-state index contributed by atoms with van der Waals surface area (Å²) in [7, 11) is 0. The van der Waals surface area contributed by atoms with Crippen LogP contribution >= 0.6 is 0 Å². The first-order valence-corrected chi connectivity index (χ1v) is 6.96. The monoisotopic (exact) mass is 269 g/mol. The molecule has 0 aliphatic carbocycles. The molecule has 104 valence electrons. The first kappa shape index (κ1) is 13.0. The van der Waals surface area contributed by atoms with Gasteiger partial charge in [0.15, 0.2) is 11.5 Å². The minimum Gasteiger partial charge on any atom is -0.486 e. The largest absolute Gasteiger partial charge is 0.486 e. The minimum absolute atomic E-state index is 0.0645. The maximum atomic E-state index is 5.91. The lowest BCUT2D eigenvalue weighted by atomic mass is 10.1. The third-order valence-corrected chi connectivity index (χ3v) is 3.35. The molecule has 0 bridgehead atoms. The average Bonchev–Trinajstić information content (AvgIpc) is 2.47. The van der Waals surface area contributed by atoms with Gasteiger partial charge in [-0.3, -0.25) is 0 Å². The summed E-state index contributed by atoms with van der Waals surface area (Å²) in [5, 5.41) is 3.42. The van der Waals surface area contributed by atoms with Gasteiger partial charge in [-0.1, -0.05) is 42.0 Å². The first-order valence-electron chi connectivity index (χ1n) is 6.96. The molecule has 2 aromatic rings. The second-order valence-corrected chi connectivity index (χ2v) is 5.12. The molecule has 0 saturated heterocycles. The Balaban J connectivity index is 1.51. The highest BCUT2D eigenvalue weighted by molar-refractivity contribution is 5.40. The van der Waals surface area contributed by atoms with E-state index in [1.807, 2.05) is 24.3 Å². The van der Waals surface area contributed by atoms with Crippen LogP contribution in [0.15, 0.2) is 48.5 Å². The minimum atomic E-state index is 0.0645. The van der Waals surface area contributed by atoms with Gasteiger partial charge in [0.05, 0.1) is 0 Å². The second kappa shape index (κ2) is 5.97. The van der Waals surface area contributed by atoms with Crippen LogP contribution in [0.1, 0.15) is 11.1 Å². The molecule has 0 spiro atoms. The van der Waals surface area contributed by atoms with Gasteiger partial charge in [0.25, 0.3) is 0 Å². The quantitative estimate of drug-likeness (QED) is 0.925. The van der Waals surface area contributed by atoms with Crippen LogP contribution in [0.2, 0.25) is 0 Å². The highest BCUT2D eigenvalue weighted by Crippen LogP contribution is 2.30. The Morgan fingerprint density at radius 2 is 1.95 bits per heavy atom. The van der Waals surface area contributed by atoms with Crippen LogP contribution in [0.5, 0.6) is 11.5 Å². The lowest BCUT2D eigenvalue weighted by Gasteiger charge is -2.26. The maximum absolute atomic E-state index is 5.91. The van der Waals surface area contributed by atoms with Crippen molar-refractivity contribution in [3.8, 4) is 11.5 Å². The highest BCUT2D eigenvalue weighted by Gasteiger charge is 2.19.